The lowest BCUT2D eigenvalue weighted by molar-refractivity contribution is -0.130. The highest BCUT2D eigenvalue weighted by atomic mass is 16.5. The summed E-state index contributed by atoms with van der Waals surface area (Å²) in [6.45, 7) is 7.04. The molecule has 1 aliphatic carbocycles. The summed E-state index contributed by atoms with van der Waals surface area (Å²) in [5.41, 5.74) is 0.765. The normalized spacial score (nSPS) is 22.9. The van der Waals surface area contributed by atoms with Crippen molar-refractivity contribution in [1.82, 2.24) is 10.5 Å². The molecule has 1 N–H and O–H groups in total. The molecule has 0 saturated heterocycles. The zero-order valence-corrected chi connectivity index (χ0v) is 13.6. The molecular weight excluding hydrogens is 284 g/mol. The Kier molecular flexibility index (Phi) is 5.21. The molecular formula is C16H24N2O4. The van der Waals surface area contributed by atoms with Gasteiger partial charge in [0.2, 0.25) is 0 Å². The van der Waals surface area contributed by atoms with Crippen LogP contribution in [-0.4, -0.2) is 29.2 Å². The van der Waals surface area contributed by atoms with Gasteiger partial charge in [-0.1, -0.05) is 24.9 Å². The lowest BCUT2D eigenvalue weighted by Crippen LogP contribution is -2.46. The number of carbonyl (C=O) groups excluding carboxylic acids is 2. The Morgan fingerprint density at radius 2 is 2.00 bits per heavy atom. The number of nitrogens with one attached hydrogen (secondary N) is 1. The van der Waals surface area contributed by atoms with Gasteiger partial charge in [-0.3, -0.25) is 4.79 Å². The van der Waals surface area contributed by atoms with Gasteiger partial charge >= 0.3 is 5.97 Å². The topological polar surface area (TPSA) is 81.4 Å². The molecule has 1 aliphatic rings. The average molecular weight is 308 g/mol. The van der Waals surface area contributed by atoms with Crippen molar-refractivity contribution >= 4 is 11.9 Å². The largest absolute Gasteiger partial charge is 0.449 e. The highest BCUT2D eigenvalue weighted by Crippen LogP contribution is 2.24. The van der Waals surface area contributed by atoms with Crippen LogP contribution in [0.5, 0.6) is 0 Å². The predicted molar refractivity (Wildman–Crippen MR) is 80.4 cm³/mol. The van der Waals surface area contributed by atoms with Crippen molar-refractivity contribution in [3.05, 3.63) is 17.0 Å². The Hall–Kier alpha value is -1.85. The molecule has 6 nitrogen and oxygen atoms in total. The van der Waals surface area contributed by atoms with Crippen molar-refractivity contribution in [2.75, 3.05) is 0 Å². The molecule has 1 fully saturated rings. The van der Waals surface area contributed by atoms with Crippen molar-refractivity contribution in [3.8, 4) is 0 Å². The van der Waals surface area contributed by atoms with E-state index < -0.39 is 12.1 Å². The molecule has 0 bridgehead atoms. The molecule has 6 heteroatoms. The monoisotopic (exact) mass is 308 g/mol. The van der Waals surface area contributed by atoms with Crippen molar-refractivity contribution in [2.45, 2.75) is 65.5 Å². The van der Waals surface area contributed by atoms with Gasteiger partial charge in [0, 0.05) is 6.04 Å². The van der Waals surface area contributed by atoms with Crippen molar-refractivity contribution in [3.63, 3.8) is 0 Å². The van der Waals surface area contributed by atoms with E-state index >= 15 is 0 Å². The SMILES string of the molecule is Cc1noc(C)c1C(=O)OC(C)C(=O)NC1CCCCC1C. The second-order valence-corrected chi connectivity index (χ2v) is 6.12. The maximum absolute atomic E-state index is 12.2. The molecule has 0 radical (unpaired) electrons. The smallest absolute Gasteiger partial charge is 0.344 e. The molecule has 1 amide bonds. The zero-order valence-electron chi connectivity index (χ0n) is 13.6. The Bertz CT molecular complexity index is 533. The van der Waals surface area contributed by atoms with Crippen LogP contribution in [0.4, 0.5) is 0 Å². The van der Waals surface area contributed by atoms with Gasteiger partial charge in [0.25, 0.3) is 5.91 Å². The number of aromatic nitrogens is 1. The Morgan fingerprint density at radius 1 is 1.32 bits per heavy atom. The summed E-state index contributed by atoms with van der Waals surface area (Å²) in [5, 5.41) is 6.71. The van der Waals surface area contributed by atoms with Gasteiger partial charge in [0.1, 0.15) is 11.3 Å². The number of ether oxygens (including phenoxy) is 1. The highest BCUT2D eigenvalue weighted by molar-refractivity contribution is 5.93. The number of esters is 1. The first kappa shape index (κ1) is 16.5. The van der Waals surface area contributed by atoms with Gasteiger partial charge in [-0.25, -0.2) is 4.79 Å². The summed E-state index contributed by atoms with van der Waals surface area (Å²) in [4.78, 5) is 24.3. The molecule has 22 heavy (non-hydrogen) atoms. The summed E-state index contributed by atoms with van der Waals surface area (Å²) >= 11 is 0. The molecule has 1 heterocycles. The number of carbonyl (C=O) groups is 2. The quantitative estimate of drug-likeness (QED) is 0.864. The molecule has 1 saturated carbocycles. The number of rotatable bonds is 4. The lowest BCUT2D eigenvalue weighted by Gasteiger charge is -2.30. The Balaban J connectivity index is 1.92. The van der Waals surface area contributed by atoms with Crippen LogP contribution in [0.1, 0.15) is 61.3 Å². The third kappa shape index (κ3) is 3.67. The lowest BCUT2D eigenvalue weighted by atomic mass is 9.86. The maximum atomic E-state index is 12.2. The van der Waals surface area contributed by atoms with Crippen molar-refractivity contribution in [1.29, 1.82) is 0 Å². The van der Waals surface area contributed by atoms with Gasteiger partial charge in [-0.15, -0.1) is 0 Å². The van der Waals surface area contributed by atoms with E-state index in [1.165, 1.54) is 6.42 Å². The molecule has 3 unspecified atom stereocenters. The first-order chi connectivity index (χ1) is 10.4. The van der Waals surface area contributed by atoms with E-state index in [1.807, 2.05) is 0 Å². The standard InChI is InChI=1S/C16H24N2O4/c1-9-7-5-6-8-13(9)17-15(19)12(4)21-16(20)14-10(2)18-22-11(14)3/h9,12-13H,5-8H2,1-4H3,(H,17,19). The predicted octanol–water partition coefficient (Wildman–Crippen LogP) is 2.53. The zero-order chi connectivity index (χ0) is 16.3. The van der Waals surface area contributed by atoms with Crippen LogP contribution >= 0.6 is 0 Å². The van der Waals surface area contributed by atoms with Crippen LogP contribution in [0, 0.1) is 19.8 Å². The maximum Gasteiger partial charge on any atom is 0.344 e. The summed E-state index contributed by atoms with van der Waals surface area (Å²) in [7, 11) is 0. The van der Waals surface area contributed by atoms with Crippen molar-refractivity contribution in [2.24, 2.45) is 5.92 Å². The summed E-state index contributed by atoms with van der Waals surface area (Å²) < 4.78 is 10.2. The minimum Gasteiger partial charge on any atom is -0.449 e. The fraction of sp³-hybridized carbons (Fsp3) is 0.688. The number of amides is 1. The average Bonchev–Trinajstić information content (AvgIpc) is 2.80. The molecule has 0 aliphatic heterocycles. The van der Waals surface area contributed by atoms with Crippen molar-refractivity contribution < 1.29 is 18.8 Å². The fourth-order valence-electron chi connectivity index (χ4n) is 2.88. The number of aryl methyl sites for hydroxylation is 2. The van der Waals surface area contributed by atoms with E-state index in [2.05, 4.69) is 17.4 Å². The summed E-state index contributed by atoms with van der Waals surface area (Å²) in [5.74, 6) is 0.0358. The van der Waals surface area contributed by atoms with Crippen LogP contribution in [0.2, 0.25) is 0 Å². The first-order valence-electron chi connectivity index (χ1n) is 7.84. The van der Waals surface area contributed by atoms with Crippen LogP contribution < -0.4 is 5.32 Å². The van der Waals surface area contributed by atoms with E-state index in [9.17, 15) is 9.59 Å². The molecule has 2 rings (SSSR count). The van der Waals surface area contributed by atoms with Gasteiger partial charge in [0.05, 0.1) is 5.69 Å². The summed E-state index contributed by atoms with van der Waals surface area (Å²) in [6, 6.07) is 0.168. The molecule has 3 atom stereocenters. The van der Waals surface area contributed by atoms with Crippen LogP contribution in [0.15, 0.2) is 4.52 Å². The molecule has 122 valence electrons. The van der Waals surface area contributed by atoms with E-state index in [0.717, 1.165) is 19.3 Å². The van der Waals surface area contributed by atoms with E-state index in [1.54, 1.807) is 20.8 Å². The number of hydrogen-bond acceptors (Lipinski definition) is 5. The van der Waals surface area contributed by atoms with Gasteiger partial charge in [-0.2, -0.15) is 0 Å². The van der Waals surface area contributed by atoms with Crippen LogP contribution in [0.3, 0.4) is 0 Å². The fourth-order valence-corrected chi connectivity index (χ4v) is 2.88. The van der Waals surface area contributed by atoms with Crippen LogP contribution in [0.25, 0.3) is 0 Å². The highest BCUT2D eigenvalue weighted by Gasteiger charge is 2.28. The summed E-state index contributed by atoms with van der Waals surface area (Å²) in [6.07, 6.45) is 3.61. The third-order valence-corrected chi connectivity index (χ3v) is 4.33. The second-order valence-electron chi connectivity index (χ2n) is 6.12. The van der Waals surface area contributed by atoms with E-state index in [-0.39, 0.29) is 11.9 Å². The Labute approximate surface area is 130 Å². The molecule has 0 aromatic carbocycles. The Morgan fingerprint density at radius 3 is 2.59 bits per heavy atom. The van der Waals surface area contributed by atoms with E-state index in [4.69, 9.17) is 9.26 Å². The molecule has 1 aromatic rings. The number of nitrogens with zero attached hydrogens (tertiary/aromatic N) is 1. The molecule has 0 spiro atoms. The van der Waals surface area contributed by atoms with Crippen LogP contribution in [-0.2, 0) is 9.53 Å². The number of hydrogen-bond donors (Lipinski definition) is 1. The van der Waals surface area contributed by atoms with Gasteiger partial charge in [0.15, 0.2) is 6.10 Å². The minimum atomic E-state index is -0.838. The van der Waals surface area contributed by atoms with E-state index in [0.29, 0.717) is 22.9 Å². The van der Waals surface area contributed by atoms with Gasteiger partial charge in [-0.05, 0) is 39.5 Å². The third-order valence-electron chi connectivity index (χ3n) is 4.33. The van der Waals surface area contributed by atoms with Gasteiger partial charge < -0.3 is 14.6 Å². The molecule has 1 aromatic heterocycles. The second kappa shape index (κ2) is 6.94. The minimum absolute atomic E-state index is 0.168. The first-order valence-corrected chi connectivity index (χ1v) is 7.84.